The Morgan fingerprint density at radius 3 is 2.40 bits per heavy atom. The zero-order valence-corrected chi connectivity index (χ0v) is 37.1. The summed E-state index contributed by atoms with van der Waals surface area (Å²) in [5.41, 5.74) is -0.0473. The van der Waals surface area contributed by atoms with Crippen LogP contribution in [-0.4, -0.2) is 81.7 Å². The average molecular weight is 985 g/mol. The maximum absolute atomic E-state index is 12.9. The van der Waals surface area contributed by atoms with Crippen molar-refractivity contribution in [1.29, 1.82) is 0 Å². The van der Waals surface area contributed by atoms with E-state index in [2.05, 4.69) is 28.8 Å². The fourth-order valence-corrected chi connectivity index (χ4v) is 10.0. The number of carbonyl (C=O) groups is 2. The fourth-order valence-electron chi connectivity index (χ4n) is 6.76. The van der Waals surface area contributed by atoms with Gasteiger partial charge in [-0.2, -0.15) is 8.62 Å². The number of thiocarbonyl (C=S) groups is 1. The van der Waals surface area contributed by atoms with Gasteiger partial charge in [-0.1, -0.05) is 12.5 Å². The van der Waals surface area contributed by atoms with Gasteiger partial charge >= 0.3 is 41.1 Å². The topological polar surface area (TPSA) is 362 Å². The summed E-state index contributed by atoms with van der Waals surface area (Å²) in [6.45, 7) is 0.752. The lowest BCUT2D eigenvalue weighted by Gasteiger charge is -2.21. The number of aryl methyl sites for hydroxylation is 1. The van der Waals surface area contributed by atoms with E-state index in [4.69, 9.17) is 35.9 Å². The first-order valence-corrected chi connectivity index (χ1v) is 24.0. The van der Waals surface area contributed by atoms with Gasteiger partial charge in [0.05, 0.1) is 12.2 Å². The number of aromatic hydroxyl groups is 1. The minimum atomic E-state index is -5.84. The van der Waals surface area contributed by atoms with Gasteiger partial charge in [-0.15, -0.1) is 0 Å². The number of benzene rings is 3. The quantitative estimate of drug-likeness (QED) is 0.0195. The summed E-state index contributed by atoms with van der Waals surface area (Å²) < 4.78 is 65.3. The molecule has 1 aromatic heterocycles. The van der Waals surface area contributed by atoms with Crippen molar-refractivity contribution in [2.24, 2.45) is 0 Å². The lowest BCUT2D eigenvalue weighted by atomic mass is 9.90. The van der Waals surface area contributed by atoms with Crippen molar-refractivity contribution >= 4 is 69.4 Å². The summed E-state index contributed by atoms with van der Waals surface area (Å²) in [5.74, 6) is -1.90. The number of aromatic nitrogens is 2. The molecular weight excluding hydrogens is 945 g/mol. The third-order valence-corrected chi connectivity index (χ3v) is 13.6. The number of carboxylic acid groups (broad SMARTS) is 1. The van der Waals surface area contributed by atoms with Crippen LogP contribution in [0.3, 0.4) is 0 Å². The molecule has 5 atom stereocenters. The molecule has 2 aromatic carbocycles. The van der Waals surface area contributed by atoms with Crippen molar-refractivity contribution < 1.29 is 80.1 Å². The molecule has 6 rings (SSSR count). The van der Waals surface area contributed by atoms with Crippen LogP contribution in [0.15, 0.2) is 79.6 Å². The number of H-pyrrole nitrogens is 1. The molecule has 1 fully saturated rings. The summed E-state index contributed by atoms with van der Waals surface area (Å²) in [7, 11) is -17.1. The van der Waals surface area contributed by atoms with E-state index in [1.54, 1.807) is 18.2 Å². The fraction of sp³-hybridized carbons (Fsp3) is 0.297. The molecule has 348 valence electrons. The minimum absolute atomic E-state index is 0.0903. The number of anilines is 1. The van der Waals surface area contributed by atoms with Gasteiger partial charge in [-0.3, -0.25) is 28.5 Å². The standard InChI is InChI=1S/C37H39N4O20P3S/c1-19-17-41(37(48)40-34(19)45)31-16-29(30(58-31)18-56-63(52,53)61-64(54,55)60-62(49,50)51)59-32(44)5-3-2-4-12-38-36(65)39-20-6-9-23(26(13-20)35(46)47)33-24-10-7-21(42)14-27(24)57-28-15-22(43)8-11-25(28)33/h6-11,13-15,17,29-31,42H,2-5,12,16,18H2,1H3,(H,46,47)(H,52,53)(H,54,55)(H2,38,39,65)(H,40,45,48)(H2,49,50,51)/t29-,30+,31+/m0/s1. The van der Waals surface area contributed by atoms with Crippen LogP contribution in [0.25, 0.3) is 33.4 Å². The number of phosphoric acid groups is 3. The number of hydrogen-bond donors (Lipinski definition) is 9. The largest absolute Gasteiger partial charge is 0.508 e. The van der Waals surface area contributed by atoms with Gasteiger partial charge in [0.25, 0.3) is 5.56 Å². The van der Waals surface area contributed by atoms with Crippen LogP contribution in [0.2, 0.25) is 0 Å². The van der Waals surface area contributed by atoms with Crippen molar-refractivity contribution in [2.45, 2.75) is 57.5 Å². The number of rotatable bonds is 18. The summed E-state index contributed by atoms with van der Waals surface area (Å²) in [4.78, 5) is 101. The van der Waals surface area contributed by atoms with Crippen LogP contribution in [-0.2, 0) is 41.1 Å². The smallest absolute Gasteiger partial charge is 0.490 e. The highest BCUT2D eigenvalue weighted by Crippen LogP contribution is 2.66. The summed E-state index contributed by atoms with van der Waals surface area (Å²) in [5, 5.41) is 26.9. The normalized spacial score (nSPS) is 18.2. The molecule has 9 N–H and O–H groups in total. The number of hydrogen-bond acceptors (Lipinski definition) is 16. The second-order valence-electron chi connectivity index (χ2n) is 14.3. The van der Waals surface area contributed by atoms with E-state index in [0.717, 1.165) is 4.57 Å². The Balaban J connectivity index is 1.02. The maximum Gasteiger partial charge on any atom is 0.490 e. The molecule has 3 aliphatic rings. The van der Waals surface area contributed by atoms with Crippen molar-refractivity contribution in [3.8, 4) is 28.2 Å². The Morgan fingerprint density at radius 1 is 0.938 bits per heavy atom. The first kappa shape index (κ1) is 49.1. The Hall–Kier alpha value is -5.39. The van der Waals surface area contributed by atoms with Crippen LogP contribution in [0.1, 0.15) is 54.3 Å². The Morgan fingerprint density at radius 2 is 1.68 bits per heavy atom. The lowest BCUT2D eigenvalue weighted by Crippen LogP contribution is -2.33. The van der Waals surface area contributed by atoms with Crippen molar-refractivity contribution in [3.63, 3.8) is 0 Å². The third kappa shape index (κ3) is 12.9. The van der Waals surface area contributed by atoms with Crippen LogP contribution in [0.5, 0.6) is 5.75 Å². The number of fused-ring (bicyclic) bond motifs is 2. The molecule has 0 saturated carbocycles. The van der Waals surface area contributed by atoms with Crippen molar-refractivity contribution in [2.75, 3.05) is 18.5 Å². The van der Waals surface area contributed by atoms with E-state index in [1.807, 2.05) is 0 Å². The number of unbranched alkanes of at least 4 members (excludes halogenated alkanes) is 2. The van der Waals surface area contributed by atoms with E-state index in [1.165, 1.54) is 49.5 Å². The highest BCUT2D eigenvalue weighted by Gasteiger charge is 2.44. The van der Waals surface area contributed by atoms with E-state index in [-0.39, 0.29) is 51.6 Å². The highest BCUT2D eigenvalue weighted by atomic mass is 32.1. The second kappa shape index (κ2) is 20.0. The predicted octanol–water partition coefficient (Wildman–Crippen LogP) is 4.22. The molecule has 28 heteroatoms. The average Bonchev–Trinajstić information content (AvgIpc) is 3.59. The molecule has 1 aliphatic carbocycles. The number of phenolic OH excluding ortho intramolecular Hbond substituents is 1. The number of nitrogens with one attached hydrogen (secondary N) is 3. The molecule has 65 heavy (non-hydrogen) atoms. The van der Waals surface area contributed by atoms with Gasteiger partial charge in [0.2, 0.25) is 0 Å². The molecule has 0 spiro atoms. The van der Waals surface area contributed by atoms with Gasteiger partial charge in [0.1, 0.15) is 35.5 Å². The Kier molecular flexibility index (Phi) is 15.1. The van der Waals surface area contributed by atoms with Crippen LogP contribution >= 0.6 is 35.7 Å². The third-order valence-electron chi connectivity index (χ3n) is 9.53. The number of ether oxygens (including phenoxy) is 2. The number of nitrogens with zero attached hydrogens (tertiary/aromatic N) is 1. The number of aromatic carboxylic acids is 1. The van der Waals surface area contributed by atoms with E-state index in [0.29, 0.717) is 53.6 Å². The second-order valence-corrected chi connectivity index (χ2v) is 19.2. The van der Waals surface area contributed by atoms with E-state index >= 15 is 0 Å². The van der Waals surface area contributed by atoms with Crippen LogP contribution < -0.4 is 27.3 Å². The summed E-state index contributed by atoms with van der Waals surface area (Å²) >= 11 is 5.41. The van der Waals surface area contributed by atoms with Gasteiger partial charge in [-0.25, -0.2) is 23.3 Å². The number of phosphoric ester groups is 1. The first-order chi connectivity index (χ1) is 30.5. The zero-order valence-electron chi connectivity index (χ0n) is 33.6. The van der Waals surface area contributed by atoms with Gasteiger partial charge in [-0.05, 0) is 73.9 Å². The van der Waals surface area contributed by atoms with Gasteiger partial charge in [0, 0.05) is 65.5 Å². The van der Waals surface area contributed by atoms with Gasteiger partial charge < -0.3 is 54.3 Å². The van der Waals surface area contributed by atoms with E-state index in [9.17, 15) is 57.7 Å². The lowest BCUT2D eigenvalue weighted by molar-refractivity contribution is -0.153. The number of esters is 1. The molecule has 3 aromatic rings. The molecule has 1 saturated heterocycles. The molecule has 2 aliphatic heterocycles. The number of phenols is 1. The zero-order chi connectivity index (χ0) is 47.4. The van der Waals surface area contributed by atoms with Crippen molar-refractivity contribution in [3.05, 3.63) is 103 Å². The monoisotopic (exact) mass is 984 g/mol. The molecule has 2 unspecified atom stereocenters. The van der Waals surface area contributed by atoms with E-state index < -0.39 is 71.7 Å². The van der Waals surface area contributed by atoms with Crippen LogP contribution in [0.4, 0.5) is 5.69 Å². The Labute approximate surface area is 370 Å². The highest BCUT2D eigenvalue weighted by molar-refractivity contribution is 7.80. The minimum Gasteiger partial charge on any atom is -0.508 e. The SMILES string of the molecule is Cc1cn([C@H]2C[C@H](OC(=O)CCCCCNC(=S)Nc3ccc(-c4c5ccc(=O)cc-5oc5cc(O)ccc45)c(C(=O)O)c3)[C@@H](COP(=O)(O)OP(=O)(O)OP(=O)(O)O)O2)c(=O)[nH]c1=O. The molecular formula is C37H39N4O20P3S. The van der Waals surface area contributed by atoms with Crippen molar-refractivity contribution in [1.82, 2.24) is 14.9 Å². The first-order valence-electron chi connectivity index (χ1n) is 19.0. The molecule has 0 amide bonds. The Bertz CT molecular complexity index is 2950. The molecule has 3 heterocycles. The maximum atomic E-state index is 12.9. The number of carbonyl (C=O) groups excluding carboxylic acids is 1. The summed E-state index contributed by atoms with van der Waals surface area (Å²) in [6, 6.07) is 13.1. The number of aromatic amines is 1. The molecule has 0 bridgehead atoms. The van der Waals surface area contributed by atoms with Crippen LogP contribution in [0, 0.1) is 6.92 Å². The number of carboxylic acids is 1. The summed E-state index contributed by atoms with van der Waals surface area (Å²) in [6.07, 6.45) is -1.82. The molecule has 24 nitrogen and oxygen atoms in total. The predicted molar refractivity (Wildman–Crippen MR) is 230 cm³/mol. The molecule has 0 radical (unpaired) electrons. The van der Waals surface area contributed by atoms with Gasteiger partial charge in [0.15, 0.2) is 10.5 Å².